The highest BCUT2D eigenvalue weighted by molar-refractivity contribution is 5.76. The van der Waals surface area contributed by atoms with Crippen LogP contribution in [0.4, 0.5) is 0 Å². The third-order valence-corrected chi connectivity index (χ3v) is 2.50. The van der Waals surface area contributed by atoms with E-state index in [1.807, 2.05) is 0 Å². The van der Waals surface area contributed by atoms with Crippen molar-refractivity contribution in [1.29, 1.82) is 5.41 Å². The predicted octanol–water partition coefficient (Wildman–Crippen LogP) is 2.05. The van der Waals surface area contributed by atoms with Gasteiger partial charge in [-0.15, -0.1) is 0 Å². The number of hydrogen-bond donors (Lipinski definition) is 2. The first-order chi connectivity index (χ1) is 6.29. The predicted molar refractivity (Wildman–Crippen MR) is 54.0 cm³/mol. The topological polar surface area (TPSA) is 59.1 Å². The van der Waals surface area contributed by atoms with Crippen molar-refractivity contribution in [2.45, 2.75) is 51.0 Å². The molecular weight excluding hydrogens is 164 g/mol. The second-order valence-electron chi connectivity index (χ2n) is 3.76. The van der Waals surface area contributed by atoms with Crippen LogP contribution in [0.5, 0.6) is 0 Å². The summed E-state index contributed by atoms with van der Waals surface area (Å²) in [5.41, 5.74) is 5.24. The molecule has 3 nitrogen and oxygen atoms in total. The first-order valence-electron chi connectivity index (χ1n) is 5.23. The second kappa shape index (κ2) is 5.97. The maximum absolute atomic E-state index is 7.03. The van der Waals surface area contributed by atoms with Crippen molar-refractivity contribution in [3.8, 4) is 0 Å². The fourth-order valence-corrected chi connectivity index (χ4v) is 1.72. The summed E-state index contributed by atoms with van der Waals surface area (Å²) in [5.74, 6) is 0.292. The Morgan fingerprint density at radius 2 is 2.00 bits per heavy atom. The van der Waals surface area contributed by atoms with Crippen LogP contribution in [0, 0.1) is 5.41 Å². The van der Waals surface area contributed by atoms with Crippen LogP contribution in [0.15, 0.2) is 0 Å². The minimum atomic E-state index is 0.292. The van der Waals surface area contributed by atoms with Crippen molar-refractivity contribution < 1.29 is 4.74 Å². The molecule has 0 bridgehead atoms. The summed E-state index contributed by atoms with van der Waals surface area (Å²) in [6.45, 7) is 0.845. The van der Waals surface area contributed by atoms with E-state index in [1.165, 1.54) is 25.7 Å². The molecule has 13 heavy (non-hydrogen) atoms. The van der Waals surface area contributed by atoms with Crippen molar-refractivity contribution in [3.63, 3.8) is 0 Å². The zero-order valence-electron chi connectivity index (χ0n) is 8.22. The number of nitrogens with one attached hydrogen (secondary N) is 1. The van der Waals surface area contributed by atoms with E-state index in [0.717, 1.165) is 19.4 Å². The lowest BCUT2D eigenvalue weighted by Gasteiger charge is -2.10. The molecule has 76 valence electrons. The van der Waals surface area contributed by atoms with Gasteiger partial charge in [-0.1, -0.05) is 12.8 Å². The van der Waals surface area contributed by atoms with Crippen LogP contribution in [-0.4, -0.2) is 18.5 Å². The van der Waals surface area contributed by atoms with Gasteiger partial charge in [0.1, 0.15) is 0 Å². The minimum absolute atomic E-state index is 0.292. The van der Waals surface area contributed by atoms with Gasteiger partial charge in [0.25, 0.3) is 0 Å². The number of nitrogens with two attached hydrogens (primary N) is 1. The summed E-state index contributed by atoms with van der Waals surface area (Å²) < 4.78 is 5.67. The van der Waals surface area contributed by atoms with Crippen LogP contribution in [0.1, 0.15) is 44.9 Å². The zero-order chi connectivity index (χ0) is 9.52. The molecule has 0 aliphatic heterocycles. The quantitative estimate of drug-likeness (QED) is 0.377. The molecule has 1 saturated carbocycles. The van der Waals surface area contributed by atoms with E-state index in [1.54, 1.807) is 0 Å². The number of ether oxygens (including phenoxy) is 1. The van der Waals surface area contributed by atoms with Gasteiger partial charge in [0.2, 0.25) is 0 Å². The van der Waals surface area contributed by atoms with Gasteiger partial charge in [-0.25, -0.2) is 0 Å². The maximum atomic E-state index is 7.03. The van der Waals surface area contributed by atoms with Crippen LogP contribution in [-0.2, 0) is 4.74 Å². The third-order valence-electron chi connectivity index (χ3n) is 2.50. The normalized spacial score (nSPS) is 17.8. The molecule has 0 radical (unpaired) electrons. The number of hydrogen-bond acceptors (Lipinski definition) is 2. The van der Waals surface area contributed by atoms with Crippen LogP contribution >= 0.6 is 0 Å². The highest BCUT2D eigenvalue weighted by atomic mass is 16.5. The Kier molecular flexibility index (Phi) is 4.83. The molecule has 0 aromatic carbocycles. The van der Waals surface area contributed by atoms with Crippen LogP contribution in [0.2, 0.25) is 0 Å². The maximum Gasteiger partial charge on any atom is 0.0905 e. The number of unbranched alkanes of at least 4 members (excludes halogenated alkanes) is 1. The summed E-state index contributed by atoms with van der Waals surface area (Å²) in [5, 5.41) is 7.03. The van der Waals surface area contributed by atoms with E-state index in [0.29, 0.717) is 18.4 Å². The highest BCUT2D eigenvalue weighted by Crippen LogP contribution is 2.20. The second-order valence-corrected chi connectivity index (χ2v) is 3.76. The van der Waals surface area contributed by atoms with E-state index < -0.39 is 0 Å². The third kappa shape index (κ3) is 4.88. The molecule has 3 heteroatoms. The molecule has 1 rings (SSSR count). The Hall–Kier alpha value is -0.570. The molecule has 0 unspecified atom stereocenters. The van der Waals surface area contributed by atoms with Gasteiger partial charge >= 0.3 is 0 Å². The van der Waals surface area contributed by atoms with E-state index in [4.69, 9.17) is 15.9 Å². The highest BCUT2D eigenvalue weighted by Gasteiger charge is 2.14. The van der Waals surface area contributed by atoms with Crippen LogP contribution in [0.3, 0.4) is 0 Å². The van der Waals surface area contributed by atoms with Crippen molar-refractivity contribution in [2.24, 2.45) is 5.73 Å². The lowest BCUT2D eigenvalue weighted by atomic mass is 10.2. The SMILES string of the molecule is N=C(N)CCCCOC1CCCC1. The van der Waals surface area contributed by atoms with E-state index in [-0.39, 0.29) is 0 Å². The van der Waals surface area contributed by atoms with Crippen LogP contribution < -0.4 is 5.73 Å². The standard InChI is InChI=1S/C10H20N2O/c11-10(12)7-3-4-8-13-9-5-1-2-6-9/h9H,1-8H2,(H3,11,12). The van der Waals surface area contributed by atoms with Gasteiger partial charge in [0, 0.05) is 13.0 Å². The van der Waals surface area contributed by atoms with E-state index in [9.17, 15) is 0 Å². The van der Waals surface area contributed by atoms with Gasteiger partial charge in [0.15, 0.2) is 0 Å². The van der Waals surface area contributed by atoms with Gasteiger partial charge in [-0.3, -0.25) is 5.41 Å². The van der Waals surface area contributed by atoms with E-state index >= 15 is 0 Å². The lowest BCUT2D eigenvalue weighted by molar-refractivity contribution is 0.0562. The van der Waals surface area contributed by atoms with Gasteiger partial charge in [-0.05, 0) is 25.7 Å². The molecule has 1 aliphatic rings. The van der Waals surface area contributed by atoms with Crippen molar-refractivity contribution in [1.82, 2.24) is 0 Å². The minimum Gasteiger partial charge on any atom is -0.388 e. The Morgan fingerprint density at radius 3 is 2.62 bits per heavy atom. The molecule has 0 spiro atoms. The lowest BCUT2D eigenvalue weighted by Crippen LogP contribution is -2.11. The van der Waals surface area contributed by atoms with Crippen molar-refractivity contribution in [2.75, 3.05) is 6.61 Å². The summed E-state index contributed by atoms with van der Waals surface area (Å²) >= 11 is 0. The Balaban J connectivity index is 1.86. The first-order valence-corrected chi connectivity index (χ1v) is 5.23. The summed E-state index contributed by atoms with van der Waals surface area (Å²) in [7, 11) is 0. The molecular formula is C10H20N2O. The fourth-order valence-electron chi connectivity index (χ4n) is 1.72. The average Bonchev–Trinajstić information content (AvgIpc) is 2.55. The fraction of sp³-hybridized carbons (Fsp3) is 0.900. The molecule has 0 saturated heterocycles. The zero-order valence-corrected chi connectivity index (χ0v) is 8.22. The smallest absolute Gasteiger partial charge is 0.0905 e. The number of rotatable bonds is 6. The Morgan fingerprint density at radius 1 is 1.31 bits per heavy atom. The monoisotopic (exact) mass is 184 g/mol. The summed E-state index contributed by atoms with van der Waals surface area (Å²) in [4.78, 5) is 0. The van der Waals surface area contributed by atoms with Crippen molar-refractivity contribution in [3.05, 3.63) is 0 Å². The van der Waals surface area contributed by atoms with Crippen molar-refractivity contribution >= 4 is 5.84 Å². The van der Waals surface area contributed by atoms with Crippen LogP contribution in [0.25, 0.3) is 0 Å². The molecule has 0 heterocycles. The first kappa shape index (κ1) is 10.5. The molecule has 1 aliphatic carbocycles. The number of amidine groups is 1. The van der Waals surface area contributed by atoms with E-state index in [2.05, 4.69) is 0 Å². The average molecular weight is 184 g/mol. The molecule has 1 fully saturated rings. The van der Waals surface area contributed by atoms with Gasteiger partial charge in [-0.2, -0.15) is 0 Å². The summed E-state index contributed by atoms with van der Waals surface area (Å²) in [6.07, 6.45) is 8.42. The molecule has 0 aromatic heterocycles. The summed E-state index contributed by atoms with van der Waals surface area (Å²) in [6, 6.07) is 0. The molecule has 0 aromatic rings. The van der Waals surface area contributed by atoms with Gasteiger partial charge < -0.3 is 10.5 Å². The largest absolute Gasteiger partial charge is 0.388 e. The van der Waals surface area contributed by atoms with Gasteiger partial charge in [0.05, 0.1) is 11.9 Å². The Labute approximate surface area is 80.2 Å². The Bertz CT molecular complexity index is 153. The molecule has 3 N–H and O–H groups in total. The molecule has 0 atom stereocenters. The molecule has 0 amide bonds.